The zero-order valence-corrected chi connectivity index (χ0v) is 10.8. The smallest absolute Gasteiger partial charge is 0.187 e. The van der Waals surface area contributed by atoms with Crippen LogP contribution in [0.15, 0.2) is 0 Å². The van der Waals surface area contributed by atoms with Crippen molar-refractivity contribution in [2.24, 2.45) is 5.73 Å². The van der Waals surface area contributed by atoms with Crippen LogP contribution in [-0.2, 0) is 9.47 Å². The zero-order valence-electron chi connectivity index (χ0n) is 10.8. The molecule has 1 saturated carbocycles. The van der Waals surface area contributed by atoms with Crippen molar-refractivity contribution in [3.63, 3.8) is 0 Å². The molecule has 1 aliphatic carbocycles. The highest BCUT2D eigenvalue weighted by Gasteiger charge is 2.45. The van der Waals surface area contributed by atoms with Crippen molar-refractivity contribution < 1.29 is 29.9 Å². The first-order valence-corrected chi connectivity index (χ1v) is 6.76. The van der Waals surface area contributed by atoms with Crippen LogP contribution in [-0.4, -0.2) is 69.9 Å². The van der Waals surface area contributed by atoms with Gasteiger partial charge in [-0.25, -0.2) is 0 Å². The summed E-state index contributed by atoms with van der Waals surface area (Å²) in [7, 11) is 0. The molecule has 0 radical (unpaired) electrons. The third-order valence-electron chi connectivity index (χ3n) is 3.91. The van der Waals surface area contributed by atoms with E-state index in [0.717, 1.165) is 25.7 Å². The molecule has 6 N–H and O–H groups in total. The van der Waals surface area contributed by atoms with Crippen molar-refractivity contribution in [1.29, 1.82) is 0 Å². The fourth-order valence-corrected chi connectivity index (χ4v) is 2.65. The van der Waals surface area contributed by atoms with E-state index in [4.69, 9.17) is 20.3 Å². The summed E-state index contributed by atoms with van der Waals surface area (Å²) in [4.78, 5) is 0. The summed E-state index contributed by atoms with van der Waals surface area (Å²) in [5, 5.41) is 38.3. The average molecular weight is 277 g/mol. The lowest BCUT2D eigenvalue weighted by atomic mass is 9.93. The maximum Gasteiger partial charge on any atom is 0.187 e. The molecule has 7 atom stereocenters. The minimum absolute atomic E-state index is 0.124. The Kier molecular flexibility index (Phi) is 5.13. The van der Waals surface area contributed by atoms with Gasteiger partial charge in [0.15, 0.2) is 6.29 Å². The molecule has 1 heterocycles. The molecule has 2 fully saturated rings. The van der Waals surface area contributed by atoms with Gasteiger partial charge in [-0.05, 0) is 12.8 Å². The molecule has 0 spiro atoms. The maximum atomic E-state index is 9.86. The van der Waals surface area contributed by atoms with Gasteiger partial charge in [0.25, 0.3) is 0 Å². The highest BCUT2D eigenvalue weighted by molar-refractivity contribution is 4.90. The summed E-state index contributed by atoms with van der Waals surface area (Å²) in [6, 6.07) is -0.124. The van der Waals surface area contributed by atoms with Gasteiger partial charge < -0.3 is 35.6 Å². The van der Waals surface area contributed by atoms with E-state index in [1.807, 2.05) is 0 Å². The van der Waals surface area contributed by atoms with E-state index in [-0.39, 0.29) is 12.1 Å². The largest absolute Gasteiger partial charge is 0.394 e. The first-order chi connectivity index (χ1) is 9.04. The van der Waals surface area contributed by atoms with Crippen LogP contribution in [0.5, 0.6) is 0 Å². The highest BCUT2D eigenvalue weighted by Crippen LogP contribution is 2.27. The Labute approximate surface area is 111 Å². The molecule has 2 aliphatic rings. The van der Waals surface area contributed by atoms with Crippen molar-refractivity contribution >= 4 is 0 Å². The van der Waals surface area contributed by atoms with Crippen LogP contribution in [0.1, 0.15) is 25.7 Å². The fourth-order valence-electron chi connectivity index (χ4n) is 2.65. The topological polar surface area (TPSA) is 125 Å². The predicted molar refractivity (Wildman–Crippen MR) is 65.1 cm³/mol. The summed E-state index contributed by atoms with van der Waals surface area (Å²) < 4.78 is 10.9. The average Bonchev–Trinajstić information content (AvgIpc) is 2.41. The molecule has 19 heavy (non-hydrogen) atoms. The first kappa shape index (κ1) is 15.1. The Morgan fingerprint density at radius 2 is 1.74 bits per heavy atom. The Bertz CT molecular complexity index is 289. The van der Waals surface area contributed by atoms with Crippen molar-refractivity contribution in [3.05, 3.63) is 0 Å². The molecule has 0 bridgehead atoms. The van der Waals surface area contributed by atoms with Crippen LogP contribution >= 0.6 is 0 Å². The number of nitrogens with two attached hydrogens (primary N) is 1. The van der Waals surface area contributed by atoms with Gasteiger partial charge in [0.05, 0.1) is 12.7 Å². The lowest BCUT2D eigenvalue weighted by Gasteiger charge is -2.42. The second-order valence-electron chi connectivity index (χ2n) is 5.32. The molecule has 0 aromatic rings. The Hall–Kier alpha value is -0.280. The molecular weight excluding hydrogens is 254 g/mol. The number of hydrogen-bond acceptors (Lipinski definition) is 7. The number of aliphatic hydroxyl groups excluding tert-OH is 4. The first-order valence-electron chi connectivity index (χ1n) is 6.76. The molecule has 1 saturated heterocycles. The van der Waals surface area contributed by atoms with Crippen molar-refractivity contribution in [2.75, 3.05) is 6.61 Å². The molecule has 1 aliphatic heterocycles. The Morgan fingerprint density at radius 1 is 1.05 bits per heavy atom. The van der Waals surface area contributed by atoms with Gasteiger partial charge in [0.2, 0.25) is 0 Å². The van der Waals surface area contributed by atoms with Crippen molar-refractivity contribution in [2.45, 2.75) is 68.5 Å². The lowest BCUT2D eigenvalue weighted by molar-refractivity contribution is -0.314. The molecule has 0 amide bonds. The molecule has 0 aromatic carbocycles. The Morgan fingerprint density at radius 3 is 2.37 bits per heavy atom. The third-order valence-corrected chi connectivity index (χ3v) is 3.91. The summed E-state index contributed by atoms with van der Waals surface area (Å²) in [6.07, 6.45) is -2.71. The van der Waals surface area contributed by atoms with E-state index in [1.165, 1.54) is 0 Å². The summed E-state index contributed by atoms with van der Waals surface area (Å²) >= 11 is 0. The van der Waals surface area contributed by atoms with Gasteiger partial charge in [-0.1, -0.05) is 12.8 Å². The molecule has 112 valence electrons. The minimum atomic E-state index is -1.41. The molecule has 7 heteroatoms. The number of aliphatic hydroxyl groups is 4. The van der Waals surface area contributed by atoms with Crippen LogP contribution in [0.3, 0.4) is 0 Å². The molecule has 0 unspecified atom stereocenters. The van der Waals surface area contributed by atoms with E-state index in [2.05, 4.69) is 0 Å². The van der Waals surface area contributed by atoms with E-state index in [0.29, 0.717) is 0 Å². The molecule has 7 nitrogen and oxygen atoms in total. The van der Waals surface area contributed by atoms with Gasteiger partial charge in [-0.2, -0.15) is 0 Å². The van der Waals surface area contributed by atoms with Crippen LogP contribution in [0, 0.1) is 0 Å². The zero-order chi connectivity index (χ0) is 14.0. The van der Waals surface area contributed by atoms with Crippen molar-refractivity contribution in [3.8, 4) is 0 Å². The summed E-state index contributed by atoms with van der Waals surface area (Å²) in [6.45, 7) is -0.457. The van der Waals surface area contributed by atoms with Gasteiger partial charge in [0, 0.05) is 6.04 Å². The number of rotatable bonds is 3. The Balaban J connectivity index is 1.98. The van der Waals surface area contributed by atoms with E-state index in [1.54, 1.807) is 0 Å². The molecule has 0 aromatic heterocycles. The normalized spacial score (nSPS) is 48.2. The monoisotopic (exact) mass is 277 g/mol. The molecular formula is C12H23NO6. The number of ether oxygens (including phenoxy) is 2. The van der Waals surface area contributed by atoms with Gasteiger partial charge in [-0.15, -0.1) is 0 Å². The van der Waals surface area contributed by atoms with Gasteiger partial charge >= 0.3 is 0 Å². The minimum Gasteiger partial charge on any atom is -0.394 e. The fraction of sp³-hybridized carbons (Fsp3) is 1.00. The lowest BCUT2D eigenvalue weighted by Crippen LogP contribution is -2.60. The standard InChI is InChI=1S/C12H23NO6/c13-6-3-1-2-4-7(6)18-12-11(17)10(16)9(15)8(5-14)19-12/h6-12,14-17H,1-5,13H2/t6-,7-,8+,9+,10-,11+,12-/m0/s1. The third kappa shape index (κ3) is 3.25. The van der Waals surface area contributed by atoms with Crippen LogP contribution in [0.25, 0.3) is 0 Å². The maximum absolute atomic E-state index is 9.86. The van der Waals surface area contributed by atoms with Gasteiger partial charge in [-0.3, -0.25) is 0 Å². The van der Waals surface area contributed by atoms with E-state index in [9.17, 15) is 15.3 Å². The van der Waals surface area contributed by atoms with Gasteiger partial charge in [0.1, 0.15) is 24.4 Å². The summed E-state index contributed by atoms with van der Waals surface area (Å²) in [5.41, 5.74) is 5.95. The van der Waals surface area contributed by atoms with Crippen LogP contribution < -0.4 is 5.73 Å². The second kappa shape index (κ2) is 6.45. The van der Waals surface area contributed by atoms with E-state index < -0.39 is 37.3 Å². The van der Waals surface area contributed by atoms with Crippen LogP contribution in [0.4, 0.5) is 0 Å². The SMILES string of the molecule is N[C@H]1CCCC[C@@H]1O[C@H]1O[C@H](CO)[C@@H](O)[C@H](O)[C@H]1O. The second-order valence-corrected chi connectivity index (χ2v) is 5.32. The quantitative estimate of drug-likeness (QED) is 0.407. The predicted octanol–water partition coefficient (Wildman–Crippen LogP) is -1.93. The van der Waals surface area contributed by atoms with E-state index >= 15 is 0 Å². The molecule has 2 rings (SSSR count). The summed E-state index contributed by atoms with van der Waals surface area (Å²) in [5.74, 6) is 0. The van der Waals surface area contributed by atoms with Crippen LogP contribution in [0.2, 0.25) is 0 Å². The highest BCUT2D eigenvalue weighted by atomic mass is 16.7. The van der Waals surface area contributed by atoms with Crippen molar-refractivity contribution in [1.82, 2.24) is 0 Å². The number of hydrogen-bond donors (Lipinski definition) is 5.